The molecule has 0 radical (unpaired) electrons. The summed E-state index contributed by atoms with van der Waals surface area (Å²) in [6.45, 7) is 2.01. The third-order valence-corrected chi connectivity index (χ3v) is 6.91. The van der Waals surface area contributed by atoms with E-state index >= 15 is 0 Å². The zero-order valence-corrected chi connectivity index (χ0v) is 21.5. The number of nitro benzene ring substituents is 1. The first-order valence-corrected chi connectivity index (χ1v) is 12.8. The Bertz CT molecular complexity index is 1520. The molecule has 0 bridgehead atoms. The SMILES string of the molecule is O=C(O)c1ccc(C2C=CC=CC=C2CN2CCOc3cc(C(=O)NCc4ccc([N+](=O)[O-])cc4)ccc32)cc1. The Kier molecular flexibility index (Phi) is 7.72. The molecule has 2 aliphatic rings. The number of carbonyl (C=O) groups excluding carboxylic acids is 1. The van der Waals surface area contributed by atoms with Crippen LogP contribution in [0.15, 0.2) is 103 Å². The number of anilines is 1. The van der Waals surface area contributed by atoms with Crippen molar-refractivity contribution in [3.8, 4) is 5.75 Å². The van der Waals surface area contributed by atoms with Gasteiger partial charge in [-0.25, -0.2) is 4.79 Å². The van der Waals surface area contributed by atoms with E-state index in [1.807, 2.05) is 36.4 Å². The van der Waals surface area contributed by atoms with Gasteiger partial charge in [-0.2, -0.15) is 0 Å². The van der Waals surface area contributed by atoms with Crippen LogP contribution < -0.4 is 15.0 Å². The highest BCUT2D eigenvalue weighted by Crippen LogP contribution is 2.36. The van der Waals surface area contributed by atoms with Gasteiger partial charge in [-0.3, -0.25) is 14.9 Å². The van der Waals surface area contributed by atoms with Gasteiger partial charge in [0.1, 0.15) is 12.4 Å². The number of rotatable bonds is 8. The molecule has 1 aliphatic carbocycles. The number of carboxylic acid groups (broad SMARTS) is 1. The highest BCUT2D eigenvalue weighted by molar-refractivity contribution is 5.95. The Labute approximate surface area is 230 Å². The Morgan fingerprint density at radius 3 is 2.48 bits per heavy atom. The highest BCUT2D eigenvalue weighted by atomic mass is 16.6. The summed E-state index contributed by atoms with van der Waals surface area (Å²) in [5.41, 5.74) is 4.50. The van der Waals surface area contributed by atoms with E-state index in [0.29, 0.717) is 31.0 Å². The van der Waals surface area contributed by atoms with Crippen molar-refractivity contribution in [1.29, 1.82) is 0 Å². The van der Waals surface area contributed by atoms with E-state index in [4.69, 9.17) is 4.74 Å². The molecule has 1 aliphatic heterocycles. The van der Waals surface area contributed by atoms with E-state index < -0.39 is 10.9 Å². The van der Waals surface area contributed by atoms with Crippen molar-refractivity contribution < 1.29 is 24.4 Å². The van der Waals surface area contributed by atoms with Gasteiger partial charge in [-0.05, 0) is 47.0 Å². The van der Waals surface area contributed by atoms with Crippen molar-refractivity contribution >= 4 is 23.3 Å². The first-order chi connectivity index (χ1) is 19.4. The molecule has 202 valence electrons. The van der Waals surface area contributed by atoms with Gasteiger partial charge >= 0.3 is 5.97 Å². The first kappa shape index (κ1) is 26.4. The molecular weight excluding hydrogens is 510 g/mol. The highest BCUT2D eigenvalue weighted by Gasteiger charge is 2.24. The third kappa shape index (κ3) is 5.94. The molecule has 0 spiro atoms. The number of carbonyl (C=O) groups is 2. The number of amides is 1. The van der Waals surface area contributed by atoms with Gasteiger partial charge in [0.2, 0.25) is 0 Å². The fourth-order valence-corrected chi connectivity index (χ4v) is 4.78. The predicted octanol–water partition coefficient (Wildman–Crippen LogP) is 5.26. The normalized spacial score (nSPS) is 15.8. The number of nitrogens with one attached hydrogen (secondary N) is 1. The van der Waals surface area contributed by atoms with Gasteiger partial charge in [-0.15, -0.1) is 0 Å². The first-order valence-electron chi connectivity index (χ1n) is 12.8. The third-order valence-electron chi connectivity index (χ3n) is 6.91. The lowest BCUT2D eigenvalue weighted by Crippen LogP contribution is -2.35. The number of nitro groups is 1. The zero-order valence-electron chi connectivity index (χ0n) is 21.5. The topological polar surface area (TPSA) is 122 Å². The summed E-state index contributed by atoms with van der Waals surface area (Å²) in [6, 6.07) is 18.4. The van der Waals surface area contributed by atoms with Gasteiger partial charge in [0.05, 0.1) is 22.7 Å². The van der Waals surface area contributed by atoms with Gasteiger partial charge in [-0.1, -0.05) is 54.6 Å². The monoisotopic (exact) mass is 537 g/mol. The van der Waals surface area contributed by atoms with Crippen molar-refractivity contribution in [1.82, 2.24) is 5.32 Å². The molecular formula is C31H27N3O6. The molecule has 0 saturated carbocycles. The number of allylic oxidation sites excluding steroid dienone is 5. The number of hydrogen-bond acceptors (Lipinski definition) is 6. The summed E-state index contributed by atoms with van der Waals surface area (Å²) in [4.78, 5) is 36.7. The number of carboxylic acids is 1. The Morgan fingerprint density at radius 2 is 1.75 bits per heavy atom. The standard InChI is InChI=1S/C31H27N3O6/c35-30(32-19-21-6-13-26(14-7-21)34(38)39)24-12-15-28-29(18-24)40-17-16-33(28)20-25-4-2-1-3-5-27(25)22-8-10-23(11-9-22)31(36)37/h1-15,18,27H,16-17,19-20H2,(H,32,35)(H,36,37). The minimum Gasteiger partial charge on any atom is -0.490 e. The largest absolute Gasteiger partial charge is 0.490 e. The number of benzene rings is 3. The molecule has 3 aromatic carbocycles. The van der Waals surface area contributed by atoms with Gasteiger partial charge < -0.3 is 20.1 Å². The van der Waals surface area contributed by atoms with Crippen molar-refractivity contribution in [3.05, 3.63) is 135 Å². The minimum absolute atomic E-state index is 0.000497. The molecule has 9 nitrogen and oxygen atoms in total. The molecule has 5 rings (SSSR count). The molecule has 1 atom stereocenters. The van der Waals surface area contributed by atoms with Crippen LogP contribution in [0, 0.1) is 10.1 Å². The fraction of sp³-hybridized carbons (Fsp3) is 0.161. The van der Waals surface area contributed by atoms with E-state index in [2.05, 4.69) is 22.4 Å². The van der Waals surface area contributed by atoms with Crippen LogP contribution in [0.1, 0.15) is 37.8 Å². The number of non-ortho nitro benzene ring substituents is 1. The predicted molar refractivity (Wildman–Crippen MR) is 151 cm³/mol. The molecule has 1 heterocycles. The molecule has 0 saturated heterocycles. The van der Waals surface area contributed by atoms with Crippen LogP contribution in [0.25, 0.3) is 0 Å². The molecule has 1 amide bonds. The van der Waals surface area contributed by atoms with Gasteiger partial charge in [0.25, 0.3) is 11.6 Å². The molecule has 9 heteroatoms. The second kappa shape index (κ2) is 11.7. The molecule has 3 aromatic rings. The summed E-state index contributed by atoms with van der Waals surface area (Å²) < 4.78 is 5.92. The summed E-state index contributed by atoms with van der Waals surface area (Å²) in [7, 11) is 0. The fourth-order valence-electron chi connectivity index (χ4n) is 4.78. The van der Waals surface area contributed by atoms with Crippen LogP contribution in [0.3, 0.4) is 0 Å². The quantitative estimate of drug-likeness (QED) is 0.297. The Balaban J connectivity index is 1.29. The van der Waals surface area contributed by atoms with Crippen molar-refractivity contribution in [2.24, 2.45) is 0 Å². The summed E-state index contributed by atoms with van der Waals surface area (Å²) in [5, 5.41) is 22.9. The second-order valence-electron chi connectivity index (χ2n) is 9.47. The van der Waals surface area contributed by atoms with Crippen molar-refractivity contribution in [3.63, 3.8) is 0 Å². The summed E-state index contributed by atoms with van der Waals surface area (Å²) >= 11 is 0. The van der Waals surface area contributed by atoms with Crippen molar-refractivity contribution in [2.45, 2.75) is 12.5 Å². The average Bonchev–Trinajstić information content (AvgIpc) is 3.21. The summed E-state index contributed by atoms with van der Waals surface area (Å²) in [5.74, 6) is -0.622. The molecule has 0 fully saturated rings. The van der Waals surface area contributed by atoms with Crippen molar-refractivity contribution in [2.75, 3.05) is 24.6 Å². The average molecular weight is 538 g/mol. The zero-order chi connectivity index (χ0) is 28.1. The lowest BCUT2D eigenvalue weighted by molar-refractivity contribution is -0.384. The van der Waals surface area contributed by atoms with E-state index in [1.165, 1.54) is 12.1 Å². The number of fused-ring (bicyclic) bond motifs is 1. The number of aromatic carboxylic acids is 1. The molecule has 2 N–H and O–H groups in total. The maximum absolute atomic E-state index is 12.8. The second-order valence-corrected chi connectivity index (χ2v) is 9.47. The maximum atomic E-state index is 12.8. The van der Waals surface area contributed by atoms with E-state index in [1.54, 1.807) is 36.4 Å². The van der Waals surface area contributed by atoms with Crippen LogP contribution in [0.4, 0.5) is 11.4 Å². The van der Waals surface area contributed by atoms with Crippen LogP contribution in [0.2, 0.25) is 0 Å². The number of nitrogens with zero attached hydrogens (tertiary/aromatic N) is 2. The van der Waals surface area contributed by atoms with Gasteiger partial charge in [0, 0.05) is 36.7 Å². The van der Waals surface area contributed by atoms with Crippen LogP contribution >= 0.6 is 0 Å². The molecule has 0 aromatic heterocycles. The molecule has 40 heavy (non-hydrogen) atoms. The van der Waals surface area contributed by atoms with Gasteiger partial charge in [0.15, 0.2) is 0 Å². The lowest BCUT2D eigenvalue weighted by Gasteiger charge is -2.33. The van der Waals surface area contributed by atoms with E-state index in [0.717, 1.165) is 22.4 Å². The number of hydrogen-bond donors (Lipinski definition) is 2. The molecule has 1 unspecified atom stereocenters. The number of ether oxygens (including phenoxy) is 1. The Morgan fingerprint density at radius 1 is 1.00 bits per heavy atom. The Hall–Kier alpha value is -5.18. The van der Waals surface area contributed by atoms with Crippen LogP contribution in [-0.2, 0) is 6.54 Å². The smallest absolute Gasteiger partial charge is 0.335 e. The maximum Gasteiger partial charge on any atom is 0.335 e. The lowest BCUT2D eigenvalue weighted by atomic mass is 9.89. The minimum atomic E-state index is -0.954. The van der Waals surface area contributed by atoms with E-state index in [-0.39, 0.29) is 29.6 Å². The van der Waals surface area contributed by atoms with Crippen LogP contribution in [-0.4, -0.2) is 41.6 Å². The summed E-state index contributed by atoms with van der Waals surface area (Å²) in [6.07, 6.45) is 10.2. The van der Waals surface area contributed by atoms with Crippen LogP contribution in [0.5, 0.6) is 5.75 Å². The van der Waals surface area contributed by atoms with E-state index in [9.17, 15) is 24.8 Å².